The van der Waals surface area contributed by atoms with Crippen LogP contribution in [0.25, 0.3) is 0 Å². The Bertz CT molecular complexity index is 630. The molecule has 0 radical (unpaired) electrons. The number of halogens is 3. The van der Waals surface area contributed by atoms with Gasteiger partial charge in [-0.25, -0.2) is 0 Å². The number of nitrogens with zero attached hydrogens (tertiary/aromatic N) is 3. The molecule has 1 aromatic heterocycles. The fourth-order valence-electron chi connectivity index (χ4n) is 1.72. The summed E-state index contributed by atoms with van der Waals surface area (Å²) >= 11 is 0. The molecule has 1 heterocycles. The first-order chi connectivity index (χ1) is 10.4. The second-order valence-electron chi connectivity index (χ2n) is 4.79. The van der Waals surface area contributed by atoms with Gasteiger partial charge in [-0.3, -0.25) is 0 Å². The summed E-state index contributed by atoms with van der Waals surface area (Å²) in [4.78, 5) is 4.12. The molecular weight excluding hydrogens is 295 g/mol. The molecule has 1 aromatic carbocycles. The molecule has 1 atom stereocenters. The van der Waals surface area contributed by atoms with E-state index in [0.717, 1.165) is 12.5 Å². The Balaban J connectivity index is 2.23. The molecule has 22 heavy (non-hydrogen) atoms. The van der Waals surface area contributed by atoms with Crippen molar-refractivity contribution >= 4 is 17.5 Å². The fraction of sp³-hybridized carbons (Fsp3) is 0.357. The highest BCUT2D eigenvalue weighted by molar-refractivity contribution is 5.61. The fourth-order valence-corrected chi connectivity index (χ4v) is 1.72. The Morgan fingerprint density at radius 3 is 2.64 bits per heavy atom. The Morgan fingerprint density at radius 2 is 1.95 bits per heavy atom. The smallest absolute Gasteiger partial charge is 0.350 e. The third kappa shape index (κ3) is 4.06. The van der Waals surface area contributed by atoms with Crippen LogP contribution < -0.4 is 10.6 Å². The monoisotopic (exact) mass is 311 g/mol. The van der Waals surface area contributed by atoms with E-state index in [-0.39, 0.29) is 23.5 Å². The minimum Gasteiger partial charge on any atom is -0.350 e. The lowest BCUT2D eigenvalue weighted by Gasteiger charge is -2.14. The summed E-state index contributed by atoms with van der Waals surface area (Å²) in [5.74, 6) is 0.460. The van der Waals surface area contributed by atoms with Gasteiger partial charge in [-0.05, 0) is 25.5 Å². The molecule has 1 unspecified atom stereocenters. The van der Waals surface area contributed by atoms with Gasteiger partial charge in [0.05, 0.1) is 17.4 Å². The number of para-hydroxylation sites is 1. The number of anilines is 3. The zero-order chi connectivity index (χ0) is 16.2. The van der Waals surface area contributed by atoms with E-state index >= 15 is 0 Å². The van der Waals surface area contributed by atoms with Gasteiger partial charge < -0.3 is 10.6 Å². The molecule has 2 rings (SSSR count). The van der Waals surface area contributed by atoms with Crippen molar-refractivity contribution in [3.63, 3.8) is 0 Å². The van der Waals surface area contributed by atoms with Gasteiger partial charge in [-0.15, -0.1) is 5.10 Å². The SMILES string of the molecule is CCC(C)Nc1nncc(Nc2ccccc2C(F)(F)F)n1. The second-order valence-corrected chi connectivity index (χ2v) is 4.79. The lowest BCUT2D eigenvalue weighted by atomic mass is 10.1. The molecule has 0 saturated heterocycles. The normalized spacial score (nSPS) is 12.8. The van der Waals surface area contributed by atoms with Gasteiger partial charge in [0.25, 0.3) is 0 Å². The van der Waals surface area contributed by atoms with E-state index in [2.05, 4.69) is 25.8 Å². The predicted octanol–water partition coefficient (Wildman–Crippen LogP) is 3.84. The molecule has 0 saturated carbocycles. The van der Waals surface area contributed by atoms with Gasteiger partial charge in [-0.1, -0.05) is 19.1 Å². The second kappa shape index (κ2) is 6.59. The number of hydrogen-bond donors (Lipinski definition) is 2. The molecule has 0 spiro atoms. The largest absolute Gasteiger partial charge is 0.418 e. The molecule has 0 aliphatic rings. The lowest BCUT2D eigenvalue weighted by molar-refractivity contribution is -0.136. The minimum absolute atomic E-state index is 0.0787. The molecule has 0 bridgehead atoms. The average molecular weight is 311 g/mol. The van der Waals surface area contributed by atoms with Crippen LogP contribution in [0, 0.1) is 0 Å². The van der Waals surface area contributed by atoms with Gasteiger partial charge in [0, 0.05) is 6.04 Å². The van der Waals surface area contributed by atoms with Gasteiger partial charge in [0.15, 0.2) is 5.82 Å². The van der Waals surface area contributed by atoms with Crippen LogP contribution in [0.3, 0.4) is 0 Å². The van der Waals surface area contributed by atoms with Crippen molar-refractivity contribution in [1.82, 2.24) is 15.2 Å². The lowest BCUT2D eigenvalue weighted by Crippen LogP contribution is -2.16. The summed E-state index contributed by atoms with van der Waals surface area (Å²) in [6.07, 6.45) is -2.31. The Kier molecular flexibility index (Phi) is 4.79. The number of rotatable bonds is 5. The summed E-state index contributed by atoms with van der Waals surface area (Å²) in [6.45, 7) is 3.94. The van der Waals surface area contributed by atoms with E-state index in [1.54, 1.807) is 0 Å². The first-order valence-corrected chi connectivity index (χ1v) is 6.79. The molecular formula is C14H16F3N5. The van der Waals surface area contributed by atoms with Crippen LogP contribution in [0.2, 0.25) is 0 Å². The Morgan fingerprint density at radius 1 is 1.23 bits per heavy atom. The topological polar surface area (TPSA) is 62.7 Å². The van der Waals surface area contributed by atoms with Crippen molar-refractivity contribution < 1.29 is 13.2 Å². The third-order valence-electron chi connectivity index (χ3n) is 3.04. The molecule has 0 aliphatic heterocycles. The molecule has 0 amide bonds. The maximum atomic E-state index is 12.9. The molecule has 0 fully saturated rings. The first-order valence-electron chi connectivity index (χ1n) is 6.79. The maximum Gasteiger partial charge on any atom is 0.418 e. The zero-order valence-corrected chi connectivity index (χ0v) is 12.1. The number of hydrogen-bond acceptors (Lipinski definition) is 5. The Hall–Kier alpha value is -2.38. The average Bonchev–Trinajstić information content (AvgIpc) is 2.47. The van der Waals surface area contributed by atoms with E-state index < -0.39 is 11.7 Å². The highest BCUT2D eigenvalue weighted by atomic mass is 19.4. The predicted molar refractivity (Wildman–Crippen MR) is 77.9 cm³/mol. The summed E-state index contributed by atoms with van der Waals surface area (Å²) in [5, 5.41) is 13.2. The van der Waals surface area contributed by atoms with E-state index in [4.69, 9.17) is 0 Å². The summed E-state index contributed by atoms with van der Waals surface area (Å²) in [5.41, 5.74) is -0.838. The van der Waals surface area contributed by atoms with Gasteiger partial charge in [0.1, 0.15) is 0 Å². The zero-order valence-electron chi connectivity index (χ0n) is 12.1. The van der Waals surface area contributed by atoms with E-state index in [0.29, 0.717) is 0 Å². The molecule has 5 nitrogen and oxygen atoms in total. The van der Waals surface area contributed by atoms with Crippen LogP contribution in [0.15, 0.2) is 30.5 Å². The van der Waals surface area contributed by atoms with Gasteiger partial charge in [-0.2, -0.15) is 23.3 Å². The minimum atomic E-state index is -4.44. The molecule has 0 aliphatic carbocycles. The molecule has 2 N–H and O–H groups in total. The molecule has 8 heteroatoms. The van der Waals surface area contributed by atoms with Crippen molar-refractivity contribution in [3.8, 4) is 0 Å². The van der Waals surface area contributed by atoms with Gasteiger partial charge >= 0.3 is 6.18 Å². The van der Waals surface area contributed by atoms with Crippen molar-refractivity contribution in [2.24, 2.45) is 0 Å². The standard InChI is InChI=1S/C14H16F3N5/c1-3-9(2)19-13-21-12(8-18-22-13)20-11-7-5-4-6-10(11)14(15,16)17/h4-9H,3H2,1-2H3,(H2,19,20,21,22). The highest BCUT2D eigenvalue weighted by Gasteiger charge is 2.33. The van der Waals surface area contributed by atoms with E-state index in [1.807, 2.05) is 13.8 Å². The van der Waals surface area contributed by atoms with Gasteiger partial charge in [0.2, 0.25) is 5.95 Å². The van der Waals surface area contributed by atoms with Crippen LogP contribution in [0.4, 0.5) is 30.6 Å². The van der Waals surface area contributed by atoms with E-state index in [9.17, 15) is 13.2 Å². The van der Waals surface area contributed by atoms with Crippen LogP contribution in [-0.2, 0) is 6.18 Å². The van der Waals surface area contributed by atoms with Crippen molar-refractivity contribution in [3.05, 3.63) is 36.0 Å². The number of alkyl halides is 3. The summed E-state index contributed by atoms with van der Waals surface area (Å²) in [6, 6.07) is 5.34. The van der Waals surface area contributed by atoms with E-state index in [1.165, 1.54) is 24.4 Å². The number of benzene rings is 1. The molecule has 2 aromatic rings. The summed E-state index contributed by atoms with van der Waals surface area (Å²) in [7, 11) is 0. The number of nitrogens with one attached hydrogen (secondary N) is 2. The quantitative estimate of drug-likeness (QED) is 0.878. The van der Waals surface area contributed by atoms with Crippen LogP contribution in [-0.4, -0.2) is 21.2 Å². The highest BCUT2D eigenvalue weighted by Crippen LogP contribution is 2.35. The van der Waals surface area contributed by atoms with Crippen molar-refractivity contribution in [1.29, 1.82) is 0 Å². The van der Waals surface area contributed by atoms with Crippen LogP contribution >= 0.6 is 0 Å². The van der Waals surface area contributed by atoms with Crippen molar-refractivity contribution in [2.75, 3.05) is 10.6 Å². The molecule has 118 valence electrons. The third-order valence-corrected chi connectivity index (χ3v) is 3.04. The van der Waals surface area contributed by atoms with Crippen LogP contribution in [0.1, 0.15) is 25.8 Å². The van der Waals surface area contributed by atoms with Crippen LogP contribution in [0.5, 0.6) is 0 Å². The number of aromatic nitrogens is 3. The Labute approximate surface area is 126 Å². The first kappa shape index (κ1) is 16.0. The van der Waals surface area contributed by atoms with Crippen molar-refractivity contribution in [2.45, 2.75) is 32.5 Å². The maximum absolute atomic E-state index is 12.9. The summed E-state index contributed by atoms with van der Waals surface area (Å²) < 4.78 is 38.8.